The molecule has 0 bridgehead atoms. The van der Waals surface area contributed by atoms with E-state index in [4.69, 9.17) is 38.1 Å². The van der Waals surface area contributed by atoms with Gasteiger partial charge in [-0.2, -0.15) is 0 Å². The molecular weight excluding hydrogens is 1750 g/mol. The molecule has 0 saturated carbocycles. The highest BCUT2D eigenvalue weighted by Gasteiger charge is 2.39. The lowest BCUT2D eigenvalue weighted by molar-refractivity contribution is -0.139. The summed E-state index contributed by atoms with van der Waals surface area (Å²) in [4.78, 5) is 235. The second-order valence-electron chi connectivity index (χ2n) is 31.1. The van der Waals surface area contributed by atoms with Crippen molar-refractivity contribution in [2.75, 3.05) is 37.0 Å². The van der Waals surface area contributed by atoms with Crippen LogP contribution in [0.15, 0.2) is 114 Å². The number of hydrogen-bond acceptors (Lipinski definition) is 27. The van der Waals surface area contributed by atoms with Gasteiger partial charge in [0.05, 0.1) is 29.3 Å². The summed E-state index contributed by atoms with van der Waals surface area (Å²) in [5.41, 5.74) is 32.1. The van der Waals surface area contributed by atoms with Crippen LogP contribution in [0.5, 0.6) is 5.75 Å². The number of fused-ring (bicyclic) bond motifs is 3. The number of thiazole rings is 1. The lowest BCUT2D eigenvalue weighted by atomic mass is 9.99. The fourth-order valence-electron chi connectivity index (χ4n) is 13.7. The summed E-state index contributed by atoms with van der Waals surface area (Å²) in [6.07, 6.45) is -1.95. The monoisotopic (exact) mass is 1860 g/mol. The van der Waals surface area contributed by atoms with Crippen LogP contribution in [0.4, 0.5) is 4.79 Å². The average molecular weight is 1860 g/mol. The van der Waals surface area contributed by atoms with Crippen LogP contribution in [0, 0.1) is 5.92 Å². The third kappa shape index (κ3) is 33.1. The Kier molecular flexibility index (Phi) is 40.9. The molecule has 0 fully saturated rings. The maximum absolute atomic E-state index is 15.0. The Bertz CT molecular complexity index is 5130. The third-order valence-electron chi connectivity index (χ3n) is 20.4. The number of nitrogens with two attached hydrogens (primary N) is 5. The predicted molar refractivity (Wildman–Crippen MR) is 485 cm³/mol. The molecule has 0 unspecified atom stereocenters. The van der Waals surface area contributed by atoms with Crippen molar-refractivity contribution in [2.45, 2.75) is 202 Å². The Balaban J connectivity index is 0.928. The number of nitrogens with zero attached hydrogens (tertiary/aromatic N) is 2. The van der Waals surface area contributed by atoms with E-state index in [-0.39, 0.29) is 89.2 Å². The molecule has 8 rings (SSSR count). The maximum Gasteiger partial charge on any atom is 0.513 e. The number of carboxylic acid groups (broad SMARTS) is 2. The van der Waals surface area contributed by atoms with Crippen molar-refractivity contribution in [3.63, 3.8) is 0 Å². The van der Waals surface area contributed by atoms with Gasteiger partial charge in [-0.15, -0.1) is 23.1 Å². The molecular formula is C85H111N19O21S4. The van der Waals surface area contributed by atoms with E-state index in [2.05, 4.69) is 73.1 Å². The summed E-state index contributed by atoms with van der Waals surface area (Å²) in [6.45, 7) is 5.05. The number of carboxylic acids is 2. The molecule has 44 heteroatoms. The fourth-order valence-corrected chi connectivity index (χ4v) is 17.8. The Labute approximate surface area is 757 Å². The fraction of sp³-hybridized carbons (Fsp3) is 0.459. The quantitative estimate of drug-likeness (QED) is 0.0111. The first-order chi connectivity index (χ1) is 61.7. The lowest BCUT2D eigenvalue weighted by Crippen LogP contribution is -2.61. The number of carbonyl (C=O) groups excluding carboxylic acids is 14. The Morgan fingerprint density at radius 1 is 0.519 bits per heavy atom. The van der Waals surface area contributed by atoms with Gasteiger partial charge in [-0.25, -0.2) is 14.6 Å². The topological polar surface area (TPSA) is 659 Å². The SMILES string of the molecule is CC(C)C[C@H](NC(=O)[C@H](CCCCN)NC(=O)[C@H](Cc1c[nH]c2ccccc12)NC(=O)CCSSCCCOC(=O)Oc1ccc2nc(C3=N[C@@H](C(=O)O)CS3)sc2c1)C(=O)N[C@@H](Cc1ccccc1)C(=O)N[C@@H](CC(N)=O)C(=O)N[C@@H](CCCCN)C(=O)N[C@@H](CCC(N)=O)C(=O)N[C@@H](CCC(=O)O)C(=O)N[C@@H](Cc1c[nH]c2ccccc12)C(=O)N[C@H](C(N)=O)[C@@H](C)O. The number of amides is 13. The highest BCUT2D eigenvalue weighted by atomic mass is 33.1. The zero-order valence-electron chi connectivity index (χ0n) is 71.3. The van der Waals surface area contributed by atoms with Crippen LogP contribution < -0.4 is 86.6 Å². The van der Waals surface area contributed by atoms with E-state index in [1.165, 1.54) is 51.6 Å². The van der Waals surface area contributed by atoms with Gasteiger partial charge in [0.25, 0.3) is 0 Å². The van der Waals surface area contributed by atoms with Crippen LogP contribution >= 0.6 is 44.7 Å². The Hall–Kier alpha value is -12.2. The van der Waals surface area contributed by atoms with Gasteiger partial charge < -0.3 is 117 Å². The number of primary amides is 3. The van der Waals surface area contributed by atoms with E-state index in [1.807, 2.05) is 24.3 Å². The van der Waals surface area contributed by atoms with Crippen LogP contribution in [0.2, 0.25) is 0 Å². The van der Waals surface area contributed by atoms with Gasteiger partial charge in [-0.3, -0.25) is 72.1 Å². The van der Waals surface area contributed by atoms with Gasteiger partial charge >= 0.3 is 18.1 Å². The highest BCUT2D eigenvalue weighted by molar-refractivity contribution is 8.76. The summed E-state index contributed by atoms with van der Waals surface area (Å²) in [5, 5.41) is 57.8. The molecule has 696 valence electrons. The number of aliphatic hydroxyl groups excluding tert-OH is 1. The van der Waals surface area contributed by atoms with Gasteiger partial charge in [0, 0.05) is 96.0 Å². The summed E-state index contributed by atoms with van der Waals surface area (Å²) < 4.78 is 11.4. The van der Waals surface area contributed by atoms with Gasteiger partial charge in [0.1, 0.15) is 76.2 Å². The van der Waals surface area contributed by atoms with Gasteiger partial charge in [0.15, 0.2) is 6.04 Å². The number of nitrogens with one attached hydrogen (secondary N) is 12. The molecule has 0 saturated heterocycles. The number of aromatic nitrogens is 3. The number of H-pyrrole nitrogens is 2. The number of hydrogen-bond donors (Lipinski definition) is 20. The molecule has 4 aromatic carbocycles. The standard InChI is InChI=1S/C85H111N19O21S4/c1-45(2)36-60(98-74(113)57(23-12-14-32-87)94-79(118)62(38-48-42-91-53-20-9-7-18-51(48)53)93-69(108)30-35-128-127-34-15-33-124-85(123)125-50-24-25-55-66(40-50)129-83(102-55)82-103-65(44-126-82)84(121)122)77(116)99-61(37-47-16-5-4-6-17-47)78(117)101-64(41-68(89)107)80(119)95-56(22-11-13-31-86)73(112)96-58(26-28-67(88)106)75(114)97-59(27-29-70(109)110)76(115)100-63(81(120)104-71(46(3)105)72(90)111)39-49-43-92-54-21-10-8-19-52(49)54/h4-10,16-21,24-25,40,42-43,45-46,56-65,71,91-92,105H,11-15,22-23,26-39,41,44,86-87H2,1-3H3,(H2,88,106)(H2,89,107)(H2,90,111)(H,93,108)(H,94,118)(H,95,119)(H,96,112)(H,97,114)(H,98,113)(H,99,116)(H,100,115)(H,101,117)(H,104,120)(H,109,110)(H,121,122)/t46-,56+,57+,58+,59+,60+,61+,62+,63+,64+,65-,71+/m1/s1. The first-order valence-corrected chi connectivity index (χ1v) is 46.2. The van der Waals surface area contributed by atoms with E-state index in [0.717, 1.165) is 10.9 Å². The number of aliphatic imine (C=N–C) groups is 1. The average Bonchev–Trinajstić information content (AvgIpc) is 1.70. The molecule has 3 aromatic heterocycles. The second kappa shape index (κ2) is 51.7. The van der Waals surface area contributed by atoms with Crippen molar-refractivity contribution >= 4 is 177 Å². The molecule has 7 aromatic rings. The molecule has 129 heavy (non-hydrogen) atoms. The number of benzene rings is 4. The van der Waals surface area contributed by atoms with Gasteiger partial charge in [0.2, 0.25) is 76.8 Å². The van der Waals surface area contributed by atoms with Crippen molar-refractivity contribution in [3.8, 4) is 5.75 Å². The minimum absolute atomic E-state index is 0.00903. The molecule has 12 atom stereocenters. The van der Waals surface area contributed by atoms with Crippen molar-refractivity contribution in [3.05, 3.63) is 131 Å². The summed E-state index contributed by atoms with van der Waals surface area (Å²) in [5.74, 6) is -14.3. The van der Waals surface area contributed by atoms with Crippen molar-refractivity contribution in [1.29, 1.82) is 0 Å². The van der Waals surface area contributed by atoms with E-state index in [0.29, 0.717) is 84.4 Å². The van der Waals surface area contributed by atoms with Gasteiger partial charge in [-0.1, -0.05) is 102 Å². The van der Waals surface area contributed by atoms with Gasteiger partial charge in [-0.05, 0) is 131 Å². The maximum atomic E-state index is 15.0. The Morgan fingerprint density at radius 2 is 1.00 bits per heavy atom. The molecule has 1 aliphatic heterocycles. The number of ether oxygens (including phenoxy) is 2. The molecule has 25 N–H and O–H groups in total. The van der Waals surface area contributed by atoms with E-state index in [1.54, 1.807) is 99.0 Å². The molecule has 0 spiro atoms. The Morgan fingerprint density at radius 3 is 1.52 bits per heavy atom. The van der Waals surface area contributed by atoms with Crippen LogP contribution in [0.25, 0.3) is 32.0 Å². The van der Waals surface area contributed by atoms with Crippen LogP contribution in [-0.4, -0.2) is 240 Å². The van der Waals surface area contributed by atoms with Crippen LogP contribution in [-0.2, 0) is 95.9 Å². The molecule has 13 amide bonds. The molecule has 1 aliphatic rings. The minimum atomic E-state index is -1.90. The number of unbranched alkanes of at least 4 members (excludes halogenated alkanes) is 2. The number of aliphatic carboxylic acids is 2. The number of rotatable bonds is 56. The zero-order valence-corrected chi connectivity index (χ0v) is 74.5. The third-order valence-corrected chi connectivity index (χ3v) is 25.1. The molecule has 40 nitrogen and oxygen atoms in total. The van der Waals surface area contributed by atoms with E-state index >= 15 is 0 Å². The molecule has 0 aliphatic carbocycles. The normalized spacial score (nSPS) is 15.0. The largest absolute Gasteiger partial charge is 0.513 e. The number of thioether (sulfide) groups is 1. The first-order valence-electron chi connectivity index (χ1n) is 41.9. The van der Waals surface area contributed by atoms with E-state index < -0.39 is 200 Å². The number of aliphatic hydroxyl groups is 1. The predicted octanol–water partition coefficient (Wildman–Crippen LogP) is 1.63. The van der Waals surface area contributed by atoms with Crippen molar-refractivity contribution in [1.82, 2.24) is 68.1 Å². The molecule has 0 radical (unpaired) electrons. The summed E-state index contributed by atoms with van der Waals surface area (Å²) in [7, 11) is 2.81. The highest BCUT2D eigenvalue weighted by Crippen LogP contribution is 2.33. The number of para-hydroxylation sites is 2. The van der Waals surface area contributed by atoms with Crippen LogP contribution in [0.1, 0.15) is 132 Å². The lowest BCUT2D eigenvalue weighted by Gasteiger charge is -2.29. The number of carbonyl (C=O) groups is 16. The summed E-state index contributed by atoms with van der Waals surface area (Å²) >= 11 is 2.59. The van der Waals surface area contributed by atoms with Crippen molar-refractivity contribution in [2.24, 2.45) is 39.6 Å². The van der Waals surface area contributed by atoms with E-state index in [9.17, 15) is 92.0 Å². The summed E-state index contributed by atoms with van der Waals surface area (Å²) in [6, 6.07) is 10.5. The minimum Gasteiger partial charge on any atom is -0.481 e. The first kappa shape index (κ1) is 102. The van der Waals surface area contributed by atoms with Crippen LogP contribution in [0.3, 0.4) is 0 Å². The number of aromatic amines is 2. The molecule has 4 heterocycles. The smallest absolute Gasteiger partial charge is 0.481 e. The second-order valence-corrected chi connectivity index (χ2v) is 35.8. The van der Waals surface area contributed by atoms with Crippen molar-refractivity contribution < 1.29 is 102 Å². The zero-order chi connectivity index (χ0) is 93.8.